The van der Waals surface area contributed by atoms with E-state index in [4.69, 9.17) is 21.1 Å². The third-order valence-electron chi connectivity index (χ3n) is 3.51. The van der Waals surface area contributed by atoms with E-state index in [1.807, 2.05) is 0 Å². The molecule has 0 bridgehead atoms. The van der Waals surface area contributed by atoms with Gasteiger partial charge >= 0.3 is 5.97 Å². The Kier molecular flexibility index (Phi) is 4.99. The van der Waals surface area contributed by atoms with Gasteiger partial charge in [0.1, 0.15) is 17.9 Å². The first-order valence-electron chi connectivity index (χ1n) is 7.24. The Balaban J connectivity index is 2.60. The number of benzene rings is 1. The van der Waals surface area contributed by atoms with Crippen LogP contribution in [0.5, 0.6) is 5.75 Å². The van der Waals surface area contributed by atoms with E-state index < -0.39 is 11.4 Å². The maximum atomic E-state index is 12.2. The summed E-state index contributed by atoms with van der Waals surface area (Å²) in [6.45, 7) is 5.21. The number of hydrogen-bond donors (Lipinski definition) is 1. The van der Waals surface area contributed by atoms with E-state index in [1.54, 1.807) is 26.8 Å². The van der Waals surface area contributed by atoms with Gasteiger partial charge in [-0.25, -0.2) is 4.79 Å². The Bertz CT molecular complexity index is 746. The maximum Gasteiger partial charge on any atom is 0.343 e. The molecule has 128 valence electrons. The van der Waals surface area contributed by atoms with E-state index in [1.165, 1.54) is 13.2 Å². The molecule has 0 saturated carbocycles. The Hall–Kier alpha value is -2.34. The van der Waals surface area contributed by atoms with Crippen molar-refractivity contribution in [2.24, 2.45) is 5.41 Å². The largest absolute Gasteiger partial charge is 0.487 e. The first-order chi connectivity index (χ1) is 11.2. The predicted octanol–water partition coefficient (Wildman–Crippen LogP) is 3.00. The second-order valence-corrected chi connectivity index (χ2v) is 6.68. The number of fused-ring (bicyclic) bond motifs is 1. The SMILES string of the molecule is COC(=O)c1c(NC(=O)C(C)(C)C)ccc2c1OCC(C=O)=C2Cl. The van der Waals surface area contributed by atoms with Gasteiger partial charge in [0.25, 0.3) is 0 Å². The summed E-state index contributed by atoms with van der Waals surface area (Å²) in [4.78, 5) is 35.5. The lowest BCUT2D eigenvalue weighted by molar-refractivity contribution is -0.123. The summed E-state index contributed by atoms with van der Waals surface area (Å²) in [6.07, 6.45) is 0.610. The number of rotatable bonds is 3. The van der Waals surface area contributed by atoms with Crippen LogP contribution in [0.1, 0.15) is 36.7 Å². The van der Waals surface area contributed by atoms with Crippen LogP contribution in [-0.2, 0) is 14.3 Å². The van der Waals surface area contributed by atoms with E-state index in [0.717, 1.165) is 0 Å². The van der Waals surface area contributed by atoms with Gasteiger partial charge in [0.15, 0.2) is 6.29 Å². The minimum Gasteiger partial charge on any atom is -0.487 e. The number of amides is 1. The van der Waals surface area contributed by atoms with Crippen molar-refractivity contribution >= 4 is 40.5 Å². The van der Waals surface area contributed by atoms with E-state index in [-0.39, 0.29) is 40.1 Å². The number of halogens is 1. The molecule has 0 fully saturated rings. The van der Waals surface area contributed by atoms with Crippen molar-refractivity contribution in [1.29, 1.82) is 0 Å². The molecule has 0 unspecified atom stereocenters. The first kappa shape index (κ1) is 18.0. The molecule has 0 spiro atoms. The highest BCUT2D eigenvalue weighted by molar-refractivity contribution is 6.51. The highest BCUT2D eigenvalue weighted by Crippen LogP contribution is 2.41. The first-order valence-corrected chi connectivity index (χ1v) is 7.62. The van der Waals surface area contributed by atoms with Crippen LogP contribution in [0.2, 0.25) is 0 Å². The zero-order chi connectivity index (χ0) is 18.1. The third-order valence-corrected chi connectivity index (χ3v) is 3.96. The normalized spacial score (nSPS) is 13.7. The standard InChI is InChI=1S/C17H18ClNO5/c1-17(2,3)16(22)19-11-6-5-10-13(18)9(7-20)8-24-14(10)12(11)15(21)23-4/h5-7H,8H2,1-4H3,(H,19,22). The monoisotopic (exact) mass is 351 g/mol. The number of esters is 1. The van der Waals surface area contributed by atoms with Crippen LogP contribution >= 0.6 is 11.6 Å². The van der Waals surface area contributed by atoms with E-state index in [0.29, 0.717) is 11.8 Å². The number of methoxy groups -OCH3 is 1. The lowest BCUT2D eigenvalue weighted by atomic mass is 9.95. The zero-order valence-corrected chi connectivity index (χ0v) is 14.6. The summed E-state index contributed by atoms with van der Waals surface area (Å²) in [5, 5.41) is 2.92. The fourth-order valence-corrected chi connectivity index (χ4v) is 2.34. The number of nitrogens with one attached hydrogen (secondary N) is 1. The maximum absolute atomic E-state index is 12.2. The Morgan fingerprint density at radius 2 is 2.00 bits per heavy atom. The molecule has 1 N–H and O–H groups in total. The topological polar surface area (TPSA) is 81.7 Å². The molecule has 0 saturated heterocycles. The molecule has 0 atom stereocenters. The fraction of sp³-hybridized carbons (Fsp3) is 0.353. The number of carbonyl (C=O) groups is 3. The Morgan fingerprint density at radius 1 is 1.33 bits per heavy atom. The number of ether oxygens (including phenoxy) is 2. The zero-order valence-electron chi connectivity index (χ0n) is 13.9. The van der Waals surface area contributed by atoms with E-state index >= 15 is 0 Å². The molecule has 6 nitrogen and oxygen atoms in total. The summed E-state index contributed by atoms with van der Waals surface area (Å²) in [5.41, 5.74) is 0.368. The molecule has 0 aliphatic carbocycles. The second-order valence-electron chi connectivity index (χ2n) is 6.31. The smallest absolute Gasteiger partial charge is 0.343 e. The number of anilines is 1. The van der Waals surface area contributed by atoms with E-state index in [9.17, 15) is 14.4 Å². The molecule has 1 aromatic carbocycles. The van der Waals surface area contributed by atoms with Crippen LogP contribution in [0.15, 0.2) is 17.7 Å². The molecule has 1 aromatic rings. The van der Waals surface area contributed by atoms with Gasteiger partial charge in [-0.05, 0) is 12.1 Å². The molecule has 7 heteroatoms. The summed E-state index contributed by atoms with van der Waals surface area (Å²) in [5.74, 6) is -0.752. The van der Waals surface area contributed by atoms with Gasteiger partial charge in [-0.2, -0.15) is 0 Å². The van der Waals surface area contributed by atoms with Crippen LogP contribution in [0.3, 0.4) is 0 Å². The van der Waals surface area contributed by atoms with Gasteiger partial charge in [-0.1, -0.05) is 32.4 Å². The highest BCUT2D eigenvalue weighted by atomic mass is 35.5. The number of aldehydes is 1. The van der Waals surface area contributed by atoms with Crippen molar-refractivity contribution in [2.75, 3.05) is 19.0 Å². The van der Waals surface area contributed by atoms with Crippen LogP contribution in [-0.4, -0.2) is 31.9 Å². The fourth-order valence-electron chi connectivity index (χ4n) is 2.10. The van der Waals surface area contributed by atoms with Gasteiger partial charge < -0.3 is 14.8 Å². The molecule has 24 heavy (non-hydrogen) atoms. The van der Waals surface area contributed by atoms with E-state index in [2.05, 4.69) is 5.32 Å². The molecule has 0 aromatic heterocycles. The van der Waals surface area contributed by atoms with Crippen molar-refractivity contribution < 1.29 is 23.9 Å². The molecule has 1 heterocycles. The summed E-state index contributed by atoms with van der Waals surface area (Å²) >= 11 is 6.19. The third kappa shape index (κ3) is 3.28. The minimum absolute atomic E-state index is 0.0595. The van der Waals surface area contributed by atoms with Crippen molar-refractivity contribution in [2.45, 2.75) is 20.8 Å². The Morgan fingerprint density at radius 3 is 2.54 bits per heavy atom. The van der Waals surface area contributed by atoms with Crippen LogP contribution in [0, 0.1) is 5.41 Å². The highest BCUT2D eigenvalue weighted by Gasteiger charge is 2.30. The minimum atomic E-state index is -0.671. The summed E-state index contributed by atoms with van der Waals surface area (Å²) in [6, 6.07) is 3.12. The summed E-state index contributed by atoms with van der Waals surface area (Å²) in [7, 11) is 1.23. The van der Waals surface area contributed by atoms with Crippen molar-refractivity contribution in [3.63, 3.8) is 0 Å². The van der Waals surface area contributed by atoms with Gasteiger partial charge in [-0.15, -0.1) is 0 Å². The van der Waals surface area contributed by atoms with Gasteiger partial charge in [0.2, 0.25) is 5.91 Å². The van der Waals surface area contributed by atoms with Crippen LogP contribution < -0.4 is 10.1 Å². The predicted molar refractivity (Wildman–Crippen MR) is 90.2 cm³/mol. The molecular formula is C17H18ClNO5. The van der Waals surface area contributed by atoms with Gasteiger partial charge in [-0.3, -0.25) is 9.59 Å². The average Bonchev–Trinajstić information content (AvgIpc) is 2.53. The summed E-state index contributed by atoms with van der Waals surface area (Å²) < 4.78 is 10.3. The molecule has 1 aliphatic heterocycles. The number of hydrogen-bond acceptors (Lipinski definition) is 5. The lowest BCUT2D eigenvalue weighted by Gasteiger charge is -2.24. The van der Waals surface area contributed by atoms with Crippen LogP contribution in [0.4, 0.5) is 5.69 Å². The molecular weight excluding hydrogens is 334 g/mol. The molecule has 1 amide bonds. The quantitative estimate of drug-likeness (QED) is 0.668. The molecule has 1 aliphatic rings. The Labute approximate surface area is 144 Å². The van der Waals surface area contributed by atoms with Crippen molar-refractivity contribution in [3.8, 4) is 5.75 Å². The van der Waals surface area contributed by atoms with Gasteiger partial charge in [0.05, 0.1) is 17.8 Å². The number of carbonyl (C=O) groups excluding carboxylic acids is 3. The van der Waals surface area contributed by atoms with Crippen LogP contribution in [0.25, 0.3) is 5.03 Å². The van der Waals surface area contributed by atoms with Crippen molar-refractivity contribution in [3.05, 3.63) is 28.8 Å². The average molecular weight is 352 g/mol. The van der Waals surface area contributed by atoms with Gasteiger partial charge in [0, 0.05) is 16.6 Å². The van der Waals surface area contributed by atoms with Crippen molar-refractivity contribution in [1.82, 2.24) is 0 Å². The molecule has 0 radical (unpaired) electrons. The second kappa shape index (κ2) is 6.65. The lowest BCUT2D eigenvalue weighted by Crippen LogP contribution is -2.29. The molecule has 2 rings (SSSR count).